The Kier molecular flexibility index (Phi) is 6.16. The second-order valence-corrected chi connectivity index (χ2v) is 10.6. The molecule has 0 saturated heterocycles. The summed E-state index contributed by atoms with van der Waals surface area (Å²) in [6, 6.07) is 28.2. The fourth-order valence-electron chi connectivity index (χ4n) is 6.18. The van der Waals surface area contributed by atoms with E-state index < -0.39 is 17.5 Å². The van der Waals surface area contributed by atoms with Crippen LogP contribution < -0.4 is 0 Å². The highest BCUT2D eigenvalue weighted by Gasteiger charge is 2.48. The Balaban J connectivity index is 1.26. The van der Waals surface area contributed by atoms with Gasteiger partial charge < -0.3 is 15.3 Å². The van der Waals surface area contributed by atoms with E-state index in [-0.39, 0.29) is 23.5 Å². The molecule has 3 N–H and O–H groups in total. The van der Waals surface area contributed by atoms with E-state index in [1.54, 1.807) is 18.2 Å². The van der Waals surface area contributed by atoms with Crippen molar-refractivity contribution in [2.75, 3.05) is 0 Å². The van der Waals surface area contributed by atoms with Crippen LogP contribution in [0.4, 0.5) is 0 Å². The minimum atomic E-state index is -1.24. The maximum atomic E-state index is 13.0. The number of carboxylic acid groups (broad SMARTS) is 1. The Labute approximate surface area is 226 Å². The number of carbonyl (C=O) groups is 2. The maximum absolute atomic E-state index is 13.0. The number of fused-ring (bicyclic) bond motifs is 2. The van der Waals surface area contributed by atoms with Gasteiger partial charge in [-0.15, -0.1) is 0 Å². The highest BCUT2D eigenvalue weighted by Crippen LogP contribution is 2.55. The summed E-state index contributed by atoms with van der Waals surface area (Å²) in [6.45, 7) is 0. The van der Waals surface area contributed by atoms with Gasteiger partial charge >= 0.3 is 5.97 Å². The third kappa shape index (κ3) is 4.45. The third-order valence-electron chi connectivity index (χ3n) is 8.24. The number of Topliss-reactive ketones (excluding diaryl/α,β-unsaturated/α-hetero) is 1. The predicted molar refractivity (Wildman–Crippen MR) is 149 cm³/mol. The molecule has 0 spiro atoms. The lowest BCUT2D eigenvalue weighted by Gasteiger charge is -2.35. The first-order valence-corrected chi connectivity index (χ1v) is 13.1. The van der Waals surface area contributed by atoms with Gasteiger partial charge in [0.25, 0.3) is 0 Å². The summed E-state index contributed by atoms with van der Waals surface area (Å²) in [4.78, 5) is 24.3. The molecule has 6 rings (SSSR count). The summed E-state index contributed by atoms with van der Waals surface area (Å²) in [7, 11) is 0. The van der Waals surface area contributed by atoms with Gasteiger partial charge in [-0.25, -0.2) is 4.79 Å². The number of carboxylic acids is 1. The van der Waals surface area contributed by atoms with Gasteiger partial charge in [0.1, 0.15) is 11.3 Å². The van der Waals surface area contributed by atoms with Crippen molar-refractivity contribution in [3.05, 3.63) is 141 Å². The van der Waals surface area contributed by atoms with Crippen molar-refractivity contribution in [3.63, 3.8) is 0 Å². The van der Waals surface area contributed by atoms with Gasteiger partial charge in [0.05, 0.1) is 6.10 Å². The molecular formula is C34H28O5. The number of phenols is 1. The monoisotopic (exact) mass is 516 g/mol. The van der Waals surface area contributed by atoms with Gasteiger partial charge in [-0.05, 0) is 64.8 Å². The van der Waals surface area contributed by atoms with Crippen LogP contribution in [0.1, 0.15) is 60.2 Å². The second kappa shape index (κ2) is 9.68. The van der Waals surface area contributed by atoms with Crippen molar-refractivity contribution in [3.8, 4) is 5.75 Å². The molecule has 0 aromatic heterocycles. The largest absolute Gasteiger partial charge is 0.507 e. The fraction of sp³-hybridized carbons (Fsp3) is 0.176. The first-order chi connectivity index (χ1) is 18.8. The normalized spacial score (nSPS) is 19.3. The van der Waals surface area contributed by atoms with Crippen molar-refractivity contribution in [2.45, 2.75) is 31.8 Å². The Morgan fingerprint density at radius 1 is 0.846 bits per heavy atom. The molecule has 0 saturated carbocycles. The standard InChI is InChI=1S/C34H28O5/c35-30-14-11-22(15-29(30)33(38)39)16-31(36)23-12-9-21(10-13-23)19-34(20-26-7-3-4-8-28(26)32(34)37)27-17-24-5-1-2-6-25(24)18-27/h1-15,17,32,35,37H,16,18-20H2,(H,38,39)/t32-,34+/m1/s1. The molecule has 0 amide bonds. The lowest BCUT2D eigenvalue weighted by atomic mass is 9.70. The number of ketones is 1. The Morgan fingerprint density at radius 3 is 2.26 bits per heavy atom. The molecule has 0 heterocycles. The summed E-state index contributed by atoms with van der Waals surface area (Å²) in [6.07, 6.45) is 3.83. The number of rotatable bonds is 7. The van der Waals surface area contributed by atoms with E-state index in [0.29, 0.717) is 17.5 Å². The number of aliphatic hydroxyl groups excluding tert-OH is 1. The van der Waals surface area contributed by atoms with Gasteiger partial charge in [0, 0.05) is 17.4 Å². The van der Waals surface area contributed by atoms with Gasteiger partial charge in [-0.3, -0.25) is 4.79 Å². The quantitative estimate of drug-likeness (QED) is 0.263. The lowest BCUT2D eigenvalue weighted by molar-refractivity contribution is 0.0650. The Morgan fingerprint density at radius 2 is 1.54 bits per heavy atom. The topological polar surface area (TPSA) is 94.8 Å². The van der Waals surface area contributed by atoms with E-state index in [1.165, 1.54) is 34.4 Å². The van der Waals surface area contributed by atoms with E-state index in [2.05, 4.69) is 30.3 Å². The van der Waals surface area contributed by atoms with Crippen LogP contribution in [0.5, 0.6) is 5.75 Å². The minimum Gasteiger partial charge on any atom is -0.507 e. The van der Waals surface area contributed by atoms with Crippen LogP contribution >= 0.6 is 0 Å². The van der Waals surface area contributed by atoms with E-state index in [1.807, 2.05) is 36.4 Å². The number of aliphatic hydroxyl groups is 1. The number of aromatic hydroxyl groups is 1. The van der Waals surface area contributed by atoms with Crippen molar-refractivity contribution >= 4 is 17.8 Å². The minimum absolute atomic E-state index is 0.0308. The fourth-order valence-corrected chi connectivity index (χ4v) is 6.18. The molecule has 0 bridgehead atoms. The Hall–Kier alpha value is -4.48. The highest BCUT2D eigenvalue weighted by atomic mass is 16.4. The molecule has 39 heavy (non-hydrogen) atoms. The van der Waals surface area contributed by atoms with Crippen LogP contribution in [0.2, 0.25) is 0 Å². The zero-order valence-electron chi connectivity index (χ0n) is 21.3. The zero-order chi connectivity index (χ0) is 27.1. The molecule has 0 aliphatic heterocycles. The van der Waals surface area contributed by atoms with E-state index in [0.717, 1.165) is 24.0 Å². The van der Waals surface area contributed by atoms with Gasteiger partial charge in [0.2, 0.25) is 0 Å². The smallest absolute Gasteiger partial charge is 0.339 e. The van der Waals surface area contributed by atoms with Crippen molar-refractivity contribution in [1.82, 2.24) is 0 Å². The molecule has 2 aliphatic rings. The summed E-state index contributed by atoms with van der Waals surface area (Å²) >= 11 is 0. The van der Waals surface area contributed by atoms with Crippen molar-refractivity contribution < 1.29 is 24.9 Å². The average molecular weight is 517 g/mol. The number of hydrogen-bond acceptors (Lipinski definition) is 4. The van der Waals surface area contributed by atoms with E-state index in [4.69, 9.17) is 0 Å². The van der Waals surface area contributed by atoms with Crippen molar-refractivity contribution in [1.29, 1.82) is 0 Å². The van der Waals surface area contributed by atoms with Crippen LogP contribution in [-0.4, -0.2) is 27.1 Å². The summed E-state index contributed by atoms with van der Waals surface area (Å²) in [5.74, 6) is -1.70. The molecule has 0 fully saturated rings. The first-order valence-electron chi connectivity index (χ1n) is 13.1. The maximum Gasteiger partial charge on any atom is 0.339 e. The summed E-state index contributed by atoms with van der Waals surface area (Å²) in [5, 5.41) is 30.7. The van der Waals surface area contributed by atoms with Crippen molar-refractivity contribution in [2.24, 2.45) is 5.41 Å². The second-order valence-electron chi connectivity index (χ2n) is 10.6. The average Bonchev–Trinajstić information content (AvgIpc) is 3.50. The molecule has 4 aromatic rings. The van der Waals surface area contributed by atoms with E-state index >= 15 is 0 Å². The van der Waals surface area contributed by atoms with Crippen LogP contribution in [-0.2, 0) is 25.7 Å². The molecule has 4 aromatic carbocycles. The molecule has 194 valence electrons. The number of aromatic carboxylic acids is 1. The number of benzene rings is 4. The first kappa shape index (κ1) is 24.8. The van der Waals surface area contributed by atoms with Gasteiger partial charge in [-0.2, -0.15) is 0 Å². The molecule has 0 unspecified atom stereocenters. The zero-order valence-corrected chi connectivity index (χ0v) is 21.3. The molecular weight excluding hydrogens is 488 g/mol. The Bertz CT molecular complexity index is 1630. The molecule has 2 aliphatic carbocycles. The third-order valence-corrected chi connectivity index (χ3v) is 8.24. The summed E-state index contributed by atoms with van der Waals surface area (Å²) < 4.78 is 0. The molecule has 2 atom stereocenters. The van der Waals surface area contributed by atoms with Crippen LogP contribution in [0.25, 0.3) is 6.08 Å². The molecule has 5 nitrogen and oxygen atoms in total. The van der Waals surface area contributed by atoms with Crippen LogP contribution in [0.3, 0.4) is 0 Å². The van der Waals surface area contributed by atoms with Crippen LogP contribution in [0, 0.1) is 5.41 Å². The highest BCUT2D eigenvalue weighted by molar-refractivity contribution is 5.98. The van der Waals surface area contributed by atoms with Gasteiger partial charge in [-0.1, -0.05) is 90.5 Å². The summed E-state index contributed by atoms with van der Waals surface area (Å²) in [5.41, 5.74) is 7.25. The SMILES string of the molecule is O=C(Cc1ccc(O)c(C(=O)O)c1)c1ccc(C[C@@]2(C3=Cc4ccccc4C3)Cc3ccccc3[C@H]2O)cc1. The number of carbonyl (C=O) groups excluding carboxylic acids is 1. The predicted octanol–water partition coefficient (Wildman–Crippen LogP) is 5.97. The lowest BCUT2D eigenvalue weighted by Crippen LogP contribution is -2.31. The number of hydrogen-bond donors (Lipinski definition) is 3. The molecule has 0 radical (unpaired) electrons. The van der Waals surface area contributed by atoms with Crippen LogP contribution in [0.15, 0.2) is 96.6 Å². The van der Waals surface area contributed by atoms with Gasteiger partial charge in [0.15, 0.2) is 5.78 Å². The molecule has 5 heteroatoms. The van der Waals surface area contributed by atoms with E-state index in [9.17, 15) is 24.9 Å².